The second kappa shape index (κ2) is 5.85. The van der Waals surface area contributed by atoms with Gasteiger partial charge in [0.05, 0.1) is 17.8 Å². The topological polar surface area (TPSA) is 41.5 Å². The predicted molar refractivity (Wildman–Crippen MR) is 78.2 cm³/mol. The first-order chi connectivity index (χ1) is 9.11. The Hall–Kier alpha value is -1.87. The van der Waals surface area contributed by atoms with Crippen molar-refractivity contribution >= 4 is 17.3 Å². The maximum absolute atomic E-state index is 9.95. The molecule has 0 amide bonds. The lowest BCUT2D eigenvalue weighted by atomic mass is 10.1. The molecule has 0 spiro atoms. The van der Waals surface area contributed by atoms with Crippen molar-refractivity contribution in [3.63, 3.8) is 0 Å². The number of rotatable bonds is 4. The van der Waals surface area contributed by atoms with Gasteiger partial charge in [0.1, 0.15) is 11.5 Å². The molecule has 0 bridgehead atoms. The van der Waals surface area contributed by atoms with E-state index in [2.05, 4.69) is 5.32 Å². The van der Waals surface area contributed by atoms with Gasteiger partial charge in [-0.05, 0) is 24.6 Å². The SMILES string of the molecule is COc1ccc(Cl)c(NCc2cccc(C)c2O)c1. The Bertz CT molecular complexity index is 584. The number of para-hydroxylation sites is 1. The standard InChI is InChI=1S/C15H16ClNO2/c1-10-4-3-5-11(15(10)18)9-17-14-8-12(19-2)6-7-13(14)16/h3-8,17-18H,9H2,1-2H3. The van der Waals surface area contributed by atoms with E-state index in [4.69, 9.17) is 16.3 Å². The van der Waals surface area contributed by atoms with Crippen LogP contribution in [0.25, 0.3) is 0 Å². The molecule has 100 valence electrons. The summed E-state index contributed by atoms with van der Waals surface area (Å²) in [7, 11) is 1.61. The maximum atomic E-state index is 9.95. The van der Waals surface area contributed by atoms with Gasteiger partial charge in [0.25, 0.3) is 0 Å². The minimum Gasteiger partial charge on any atom is -0.507 e. The average Bonchev–Trinajstić information content (AvgIpc) is 2.42. The molecule has 2 aromatic rings. The number of halogens is 1. The molecule has 2 N–H and O–H groups in total. The van der Waals surface area contributed by atoms with Gasteiger partial charge in [-0.25, -0.2) is 0 Å². The molecule has 0 aliphatic rings. The molecule has 4 heteroatoms. The van der Waals surface area contributed by atoms with Crippen molar-refractivity contribution in [3.8, 4) is 11.5 Å². The summed E-state index contributed by atoms with van der Waals surface area (Å²) in [5, 5.41) is 13.8. The van der Waals surface area contributed by atoms with Gasteiger partial charge in [-0.3, -0.25) is 0 Å². The van der Waals surface area contributed by atoms with E-state index in [0.29, 0.717) is 17.3 Å². The predicted octanol–water partition coefficient (Wildman–Crippen LogP) is 3.97. The molecule has 0 radical (unpaired) electrons. The van der Waals surface area contributed by atoms with Crippen LogP contribution in [0.4, 0.5) is 5.69 Å². The summed E-state index contributed by atoms with van der Waals surface area (Å²) in [5.41, 5.74) is 2.47. The normalized spacial score (nSPS) is 10.3. The zero-order valence-corrected chi connectivity index (χ0v) is 11.7. The van der Waals surface area contributed by atoms with Crippen LogP contribution >= 0.6 is 11.6 Å². The second-order valence-electron chi connectivity index (χ2n) is 4.28. The molecule has 2 aromatic carbocycles. The van der Waals surface area contributed by atoms with Crippen LogP contribution in [0.5, 0.6) is 11.5 Å². The van der Waals surface area contributed by atoms with Crippen LogP contribution in [-0.2, 0) is 6.54 Å². The molecule has 2 rings (SSSR count). The number of nitrogens with one attached hydrogen (secondary N) is 1. The summed E-state index contributed by atoms with van der Waals surface area (Å²) in [6.45, 7) is 2.37. The van der Waals surface area contributed by atoms with Crippen LogP contribution in [0.15, 0.2) is 36.4 Å². The van der Waals surface area contributed by atoms with Crippen molar-refractivity contribution in [2.75, 3.05) is 12.4 Å². The molecule has 0 fully saturated rings. The van der Waals surface area contributed by atoms with Crippen LogP contribution in [0.2, 0.25) is 5.02 Å². The van der Waals surface area contributed by atoms with Crippen LogP contribution in [0, 0.1) is 6.92 Å². The molecule has 0 saturated heterocycles. The van der Waals surface area contributed by atoms with Gasteiger partial charge < -0.3 is 15.2 Å². The molecule has 0 heterocycles. The fourth-order valence-electron chi connectivity index (χ4n) is 1.82. The lowest BCUT2D eigenvalue weighted by Crippen LogP contribution is -2.01. The summed E-state index contributed by atoms with van der Waals surface area (Å²) < 4.78 is 5.16. The third-order valence-electron chi connectivity index (χ3n) is 2.96. The third-order valence-corrected chi connectivity index (χ3v) is 3.29. The number of hydrogen-bond donors (Lipinski definition) is 2. The molecule has 0 unspecified atom stereocenters. The first kappa shape index (κ1) is 13.6. The molecular formula is C15H16ClNO2. The van der Waals surface area contributed by atoms with Crippen molar-refractivity contribution in [3.05, 3.63) is 52.5 Å². The lowest BCUT2D eigenvalue weighted by Gasteiger charge is -2.12. The molecule has 0 aliphatic carbocycles. The van der Waals surface area contributed by atoms with Crippen LogP contribution < -0.4 is 10.1 Å². The first-order valence-electron chi connectivity index (χ1n) is 5.96. The van der Waals surface area contributed by atoms with Crippen molar-refractivity contribution in [1.82, 2.24) is 0 Å². The summed E-state index contributed by atoms with van der Waals surface area (Å²) in [5.74, 6) is 1.05. The first-order valence-corrected chi connectivity index (χ1v) is 6.34. The van der Waals surface area contributed by atoms with Crippen molar-refractivity contribution in [1.29, 1.82) is 0 Å². The third kappa shape index (κ3) is 3.12. The quantitative estimate of drug-likeness (QED) is 0.888. The van der Waals surface area contributed by atoms with E-state index in [0.717, 1.165) is 22.6 Å². The lowest BCUT2D eigenvalue weighted by molar-refractivity contribution is 0.415. The Labute approximate surface area is 117 Å². The largest absolute Gasteiger partial charge is 0.507 e. The Balaban J connectivity index is 2.16. The highest BCUT2D eigenvalue weighted by molar-refractivity contribution is 6.33. The highest BCUT2D eigenvalue weighted by atomic mass is 35.5. The summed E-state index contributed by atoms with van der Waals surface area (Å²) in [6, 6.07) is 11.1. The highest BCUT2D eigenvalue weighted by Gasteiger charge is 2.06. The van der Waals surface area contributed by atoms with Crippen LogP contribution in [0.1, 0.15) is 11.1 Å². The van der Waals surface area contributed by atoms with Crippen molar-refractivity contribution in [2.45, 2.75) is 13.5 Å². The van der Waals surface area contributed by atoms with E-state index in [-0.39, 0.29) is 0 Å². The van der Waals surface area contributed by atoms with Gasteiger partial charge in [-0.1, -0.05) is 29.8 Å². The average molecular weight is 278 g/mol. The minimum absolute atomic E-state index is 0.314. The van der Waals surface area contributed by atoms with Crippen LogP contribution in [0.3, 0.4) is 0 Å². The Morgan fingerprint density at radius 3 is 2.79 bits per heavy atom. The zero-order valence-electron chi connectivity index (χ0n) is 10.9. The molecule has 0 saturated carbocycles. The number of hydrogen-bond acceptors (Lipinski definition) is 3. The number of aromatic hydroxyl groups is 1. The Morgan fingerprint density at radius 2 is 2.05 bits per heavy atom. The smallest absolute Gasteiger partial charge is 0.123 e. The maximum Gasteiger partial charge on any atom is 0.123 e. The molecule has 0 aliphatic heterocycles. The second-order valence-corrected chi connectivity index (χ2v) is 4.69. The van der Waals surface area contributed by atoms with Gasteiger partial charge in [-0.15, -0.1) is 0 Å². The summed E-state index contributed by atoms with van der Waals surface area (Å²) >= 11 is 6.11. The van der Waals surface area contributed by atoms with Crippen molar-refractivity contribution in [2.24, 2.45) is 0 Å². The minimum atomic E-state index is 0.314. The van der Waals surface area contributed by atoms with Gasteiger partial charge in [0.2, 0.25) is 0 Å². The van der Waals surface area contributed by atoms with E-state index in [1.807, 2.05) is 31.2 Å². The van der Waals surface area contributed by atoms with Gasteiger partial charge >= 0.3 is 0 Å². The molecule has 3 nitrogen and oxygen atoms in total. The monoisotopic (exact) mass is 277 g/mol. The fourth-order valence-corrected chi connectivity index (χ4v) is 2.00. The Kier molecular flexibility index (Phi) is 4.17. The van der Waals surface area contributed by atoms with E-state index in [1.54, 1.807) is 19.2 Å². The van der Waals surface area contributed by atoms with Crippen molar-refractivity contribution < 1.29 is 9.84 Å². The highest BCUT2D eigenvalue weighted by Crippen LogP contribution is 2.28. The number of ether oxygens (including phenoxy) is 1. The summed E-state index contributed by atoms with van der Waals surface area (Å²) in [4.78, 5) is 0. The van der Waals surface area contributed by atoms with E-state index >= 15 is 0 Å². The van der Waals surface area contributed by atoms with Crippen LogP contribution in [-0.4, -0.2) is 12.2 Å². The van der Waals surface area contributed by atoms with Gasteiger partial charge in [0.15, 0.2) is 0 Å². The number of anilines is 1. The fraction of sp³-hybridized carbons (Fsp3) is 0.200. The van der Waals surface area contributed by atoms with E-state index in [9.17, 15) is 5.11 Å². The van der Waals surface area contributed by atoms with Gasteiger partial charge in [-0.2, -0.15) is 0 Å². The Morgan fingerprint density at radius 1 is 1.26 bits per heavy atom. The van der Waals surface area contributed by atoms with E-state index < -0.39 is 0 Å². The molecule has 0 aromatic heterocycles. The molecule has 0 atom stereocenters. The van der Waals surface area contributed by atoms with Gasteiger partial charge in [0, 0.05) is 18.2 Å². The summed E-state index contributed by atoms with van der Waals surface area (Å²) in [6.07, 6.45) is 0. The van der Waals surface area contributed by atoms with E-state index in [1.165, 1.54) is 0 Å². The molecule has 19 heavy (non-hydrogen) atoms. The number of benzene rings is 2. The number of phenolic OH excluding ortho intramolecular Hbond substituents is 1. The zero-order chi connectivity index (χ0) is 13.8. The number of aryl methyl sites for hydroxylation is 1. The number of phenols is 1. The number of methoxy groups -OCH3 is 1. The molecular weight excluding hydrogens is 262 g/mol.